The van der Waals surface area contributed by atoms with Gasteiger partial charge in [0.1, 0.15) is 11.6 Å². The summed E-state index contributed by atoms with van der Waals surface area (Å²) in [5.74, 6) is -0.286. The quantitative estimate of drug-likeness (QED) is 0.495. The number of non-ortho nitro benzene ring substituents is 1. The van der Waals surface area contributed by atoms with Crippen LogP contribution < -0.4 is 5.32 Å². The second-order valence-electron chi connectivity index (χ2n) is 5.88. The number of carbonyl (C=O) groups excluding carboxylic acids is 1. The summed E-state index contributed by atoms with van der Waals surface area (Å²) < 4.78 is 5.27. The molecule has 0 fully saturated rings. The Morgan fingerprint density at radius 3 is 2.38 bits per heavy atom. The van der Waals surface area contributed by atoms with Crippen molar-refractivity contribution in [3.8, 4) is 0 Å². The van der Waals surface area contributed by atoms with Crippen molar-refractivity contribution < 1.29 is 14.5 Å². The van der Waals surface area contributed by atoms with Gasteiger partial charge in [0.05, 0.1) is 4.92 Å². The van der Waals surface area contributed by atoms with E-state index in [2.05, 4.69) is 5.32 Å². The van der Waals surface area contributed by atoms with Gasteiger partial charge in [0.15, 0.2) is 0 Å². The largest absolute Gasteiger partial charge is 0.459 e. The maximum absolute atomic E-state index is 11.8. The highest BCUT2D eigenvalue weighted by atomic mass is 16.6. The highest BCUT2D eigenvalue weighted by molar-refractivity contribution is 5.75. The summed E-state index contributed by atoms with van der Waals surface area (Å²) >= 11 is 0. The summed E-state index contributed by atoms with van der Waals surface area (Å²) in [5.41, 5.74) is 0.559. The van der Waals surface area contributed by atoms with Crippen LogP contribution in [0.1, 0.15) is 33.3 Å². The maximum atomic E-state index is 11.8. The first kappa shape index (κ1) is 17.1. The minimum absolute atomic E-state index is 0.0776. The number of rotatable bonds is 6. The minimum Gasteiger partial charge on any atom is -0.459 e. The molecule has 1 aromatic carbocycles. The smallest absolute Gasteiger partial charge is 0.323 e. The highest BCUT2D eigenvalue weighted by Gasteiger charge is 2.20. The van der Waals surface area contributed by atoms with Crippen LogP contribution in [0, 0.1) is 10.1 Å². The van der Waals surface area contributed by atoms with Crippen LogP contribution in [-0.2, 0) is 16.0 Å². The van der Waals surface area contributed by atoms with Crippen LogP contribution in [-0.4, -0.2) is 29.1 Å². The lowest BCUT2D eigenvalue weighted by molar-refractivity contribution is -0.384. The number of carbonyl (C=O) groups is 1. The zero-order valence-electron chi connectivity index (χ0n) is 12.9. The molecule has 6 heteroatoms. The van der Waals surface area contributed by atoms with E-state index >= 15 is 0 Å². The lowest BCUT2D eigenvalue weighted by Crippen LogP contribution is -2.40. The molecule has 6 nitrogen and oxygen atoms in total. The molecule has 0 amide bonds. The number of ether oxygens (including phenoxy) is 1. The lowest BCUT2D eigenvalue weighted by atomic mass is 10.1. The van der Waals surface area contributed by atoms with Gasteiger partial charge in [0, 0.05) is 12.1 Å². The van der Waals surface area contributed by atoms with Crippen molar-refractivity contribution >= 4 is 11.7 Å². The van der Waals surface area contributed by atoms with Crippen LogP contribution in [0.5, 0.6) is 0 Å². The third-order valence-electron chi connectivity index (χ3n) is 2.77. The van der Waals surface area contributed by atoms with Crippen molar-refractivity contribution in [3.05, 3.63) is 39.9 Å². The number of hydrogen-bond donors (Lipinski definition) is 1. The van der Waals surface area contributed by atoms with Crippen molar-refractivity contribution in [3.63, 3.8) is 0 Å². The standard InChI is InChI=1S/C15H22N2O4/c1-11(14(18)21-15(2,3)4)16-10-9-12-5-7-13(8-6-12)17(19)20/h5-8,11,16H,9-10H2,1-4H3. The summed E-state index contributed by atoms with van der Waals surface area (Å²) in [6.07, 6.45) is 0.686. The van der Waals surface area contributed by atoms with Crippen LogP contribution in [0.3, 0.4) is 0 Å². The van der Waals surface area contributed by atoms with Gasteiger partial charge in [-0.3, -0.25) is 14.9 Å². The lowest BCUT2D eigenvalue weighted by Gasteiger charge is -2.22. The van der Waals surface area contributed by atoms with Gasteiger partial charge in [-0.1, -0.05) is 12.1 Å². The Hall–Kier alpha value is -1.95. The van der Waals surface area contributed by atoms with Gasteiger partial charge >= 0.3 is 5.97 Å². The van der Waals surface area contributed by atoms with Gasteiger partial charge in [0.2, 0.25) is 0 Å². The maximum Gasteiger partial charge on any atom is 0.323 e. The molecule has 0 radical (unpaired) electrons. The van der Waals surface area contributed by atoms with Gasteiger partial charge in [0.25, 0.3) is 5.69 Å². The van der Waals surface area contributed by atoms with E-state index in [0.29, 0.717) is 13.0 Å². The minimum atomic E-state index is -0.495. The molecule has 0 spiro atoms. The molecule has 1 rings (SSSR count). The van der Waals surface area contributed by atoms with Gasteiger partial charge in [-0.25, -0.2) is 0 Å². The van der Waals surface area contributed by atoms with Crippen molar-refractivity contribution in [2.45, 2.75) is 45.8 Å². The zero-order chi connectivity index (χ0) is 16.0. The number of nitro benzene ring substituents is 1. The van der Waals surface area contributed by atoms with Gasteiger partial charge < -0.3 is 10.1 Å². The van der Waals surface area contributed by atoms with E-state index in [1.54, 1.807) is 19.1 Å². The molecule has 0 heterocycles. The van der Waals surface area contributed by atoms with Crippen molar-refractivity contribution in [1.82, 2.24) is 5.32 Å². The van der Waals surface area contributed by atoms with E-state index in [1.165, 1.54) is 12.1 Å². The van der Waals surface area contributed by atoms with Crippen LogP contribution >= 0.6 is 0 Å². The number of esters is 1. The Morgan fingerprint density at radius 2 is 1.90 bits per heavy atom. The fourth-order valence-electron chi connectivity index (χ4n) is 1.69. The first-order valence-electron chi connectivity index (χ1n) is 6.88. The predicted molar refractivity (Wildman–Crippen MR) is 80.1 cm³/mol. The van der Waals surface area contributed by atoms with E-state index in [4.69, 9.17) is 4.74 Å². The summed E-state index contributed by atoms with van der Waals surface area (Å²) in [6, 6.07) is 6.01. The van der Waals surface area contributed by atoms with Gasteiger partial charge in [-0.05, 0) is 46.2 Å². The molecule has 0 saturated carbocycles. The normalized spacial score (nSPS) is 12.8. The molecule has 1 N–H and O–H groups in total. The second kappa shape index (κ2) is 7.17. The van der Waals surface area contributed by atoms with Gasteiger partial charge in [-0.2, -0.15) is 0 Å². The SMILES string of the molecule is CC(NCCc1ccc([N+](=O)[O-])cc1)C(=O)OC(C)(C)C. The molecule has 0 bridgehead atoms. The Kier molecular flexibility index (Phi) is 5.84. The molecule has 0 aliphatic rings. The Bertz CT molecular complexity index is 491. The number of nitro groups is 1. The molecule has 0 saturated heterocycles. The highest BCUT2D eigenvalue weighted by Crippen LogP contribution is 2.12. The molecule has 21 heavy (non-hydrogen) atoms. The topological polar surface area (TPSA) is 81.5 Å². The summed E-state index contributed by atoms with van der Waals surface area (Å²) in [4.78, 5) is 21.9. The molecule has 1 aromatic rings. The number of benzene rings is 1. The summed E-state index contributed by atoms with van der Waals surface area (Å²) in [6.45, 7) is 7.83. The van der Waals surface area contributed by atoms with Crippen molar-refractivity contribution in [1.29, 1.82) is 0 Å². The molecule has 0 aliphatic carbocycles. The van der Waals surface area contributed by atoms with Crippen LogP contribution in [0.15, 0.2) is 24.3 Å². The monoisotopic (exact) mass is 294 g/mol. The molecule has 1 atom stereocenters. The Balaban J connectivity index is 2.39. The average molecular weight is 294 g/mol. The number of hydrogen-bond acceptors (Lipinski definition) is 5. The fourth-order valence-corrected chi connectivity index (χ4v) is 1.69. The van der Waals surface area contributed by atoms with Crippen molar-refractivity contribution in [2.24, 2.45) is 0 Å². The van der Waals surface area contributed by atoms with E-state index in [0.717, 1.165) is 5.56 Å². The summed E-state index contributed by atoms with van der Waals surface area (Å²) in [5, 5.41) is 13.6. The molecule has 0 aliphatic heterocycles. The van der Waals surface area contributed by atoms with Crippen molar-refractivity contribution in [2.75, 3.05) is 6.54 Å². The molecular weight excluding hydrogens is 272 g/mol. The predicted octanol–water partition coefficient (Wildman–Crippen LogP) is 2.46. The zero-order valence-corrected chi connectivity index (χ0v) is 12.9. The van der Waals surface area contributed by atoms with Crippen LogP contribution in [0.25, 0.3) is 0 Å². The molecular formula is C15H22N2O4. The second-order valence-corrected chi connectivity index (χ2v) is 5.88. The molecule has 116 valence electrons. The first-order chi connectivity index (χ1) is 9.69. The third-order valence-corrected chi connectivity index (χ3v) is 2.77. The average Bonchev–Trinajstić information content (AvgIpc) is 2.37. The van der Waals surface area contributed by atoms with E-state index < -0.39 is 10.5 Å². The van der Waals surface area contributed by atoms with E-state index in [9.17, 15) is 14.9 Å². The van der Waals surface area contributed by atoms with E-state index in [-0.39, 0.29) is 17.7 Å². The van der Waals surface area contributed by atoms with Crippen LogP contribution in [0.4, 0.5) is 5.69 Å². The molecule has 0 aromatic heterocycles. The first-order valence-corrected chi connectivity index (χ1v) is 6.88. The third kappa shape index (κ3) is 6.35. The number of nitrogens with one attached hydrogen (secondary N) is 1. The van der Waals surface area contributed by atoms with Crippen LogP contribution in [0.2, 0.25) is 0 Å². The Morgan fingerprint density at radius 1 is 1.33 bits per heavy atom. The van der Waals surface area contributed by atoms with Gasteiger partial charge in [-0.15, -0.1) is 0 Å². The fraction of sp³-hybridized carbons (Fsp3) is 0.533. The summed E-state index contributed by atoms with van der Waals surface area (Å²) in [7, 11) is 0. The van der Waals surface area contributed by atoms with E-state index in [1.807, 2.05) is 20.8 Å². The molecule has 1 unspecified atom stereocenters. The Labute approximate surface area is 124 Å². The number of nitrogens with zero attached hydrogens (tertiary/aromatic N) is 1.